The SMILES string of the molecule is CCCCCCCc1ccc2cc(S(=O)(=O)[O-])ccc2c1.CCCCCCCc1ccc2cc(S(=O)(=O)[O-])ccc2c1.[Ca+2]. The molecular formula is C34H42CaO6S2. The molecule has 4 aromatic rings. The summed E-state index contributed by atoms with van der Waals surface area (Å²) in [6.45, 7) is 4.42. The molecule has 9 heteroatoms. The maximum absolute atomic E-state index is 11.0. The summed E-state index contributed by atoms with van der Waals surface area (Å²) in [5.74, 6) is 0. The van der Waals surface area contributed by atoms with Crippen molar-refractivity contribution in [3.05, 3.63) is 83.9 Å². The molecular weight excluding hydrogens is 609 g/mol. The Balaban J connectivity index is 0.000000293. The van der Waals surface area contributed by atoms with Crippen LogP contribution in [0.1, 0.15) is 89.2 Å². The van der Waals surface area contributed by atoms with Crippen LogP contribution in [0.3, 0.4) is 0 Å². The van der Waals surface area contributed by atoms with Crippen molar-refractivity contribution >= 4 is 79.5 Å². The molecule has 0 unspecified atom stereocenters. The third-order valence-corrected chi connectivity index (χ3v) is 9.13. The van der Waals surface area contributed by atoms with Crippen LogP contribution in [-0.4, -0.2) is 63.7 Å². The van der Waals surface area contributed by atoms with Crippen molar-refractivity contribution in [2.24, 2.45) is 0 Å². The molecule has 0 N–H and O–H groups in total. The Labute approximate surface area is 287 Å². The number of hydrogen-bond donors (Lipinski definition) is 0. The Morgan fingerprint density at radius 2 is 0.791 bits per heavy atom. The van der Waals surface area contributed by atoms with Crippen LogP contribution in [0.2, 0.25) is 0 Å². The summed E-state index contributed by atoms with van der Waals surface area (Å²) in [6.07, 6.45) is 14.6. The quantitative estimate of drug-likeness (QED) is 0.0773. The van der Waals surface area contributed by atoms with E-state index in [1.165, 1.54) is 99.6 Å². The van der Waals surface area contributed by atoms with Crippen LogP contribution in [0.25, 0.3) is 21.5 Å². The average Bonchev–Trinajstić information content (AvgIpc) is 2.95. The van der Waals surface area contributed by atoms with Gasteiger partial charge in [-0.15, -0.1) is 0 Å². The van der Waals surface area contributed by atoms with Gasteiger partial charge in [0.15, 0.2) is 0 Å². The summed E-state index contributed by atoms with van der Waals surface area (Å²) in [7, 11) is -8.75. The van der Waals surface area contributed by atoms with Gasteiger partial charge in [-0.1, -0.05) is 114 Å². The summed E-state index contributed by atoms with van der Waals surface area (Å²) in [5, 5.41) is 3.55. The second-order valence-corrected chi connectivity index (χ2v) is 13.7. The third-order valence-electron chi connectivity index (χ3n) is 7.47. The average molecular weight is 651 g/mol. The summed E-state index contributed by atoms with van der Waals surface area (Å²) in [5.41, 5.74) is 2.52. The van der Waals surface area contributed by atoms with E-state index >= 15 is 0 Å². The molecule has 0 bridgehead atoms. The molecule has 0 heterocycles. The Kier molecular flexibility index (Phi) is 16.2. The van der Waals surface area contributed by atoms with Gasteiger partial charge in [0.05, 0.1) is 9.79 Å². The van der Waals surface area contributed by atoms with Crippen molar-refractivity contribution in [1.29, 1.82) is 0 Å². The molecule has 0 aliphatic rings. The normalized spacial score (nSPS) is 11.6. The maximum atomic E-state index is 11.0. The molecule has 0 radical (unpaired) electrons. The standard InChI is InChI=1S/2C17H22O3S.Ca/c2*1-2-3-4-5-6-7-14-8-9-16-13-17(21(18,19)20)11-10-15(16)12-14;/h2*8-13H,2-7H2,1H3,(H,18,19,20);/q;;+2/p-2. The Morgan fingerprint density at radius 1 is 0.465 bits per heavy atom. The van der Waals surface area contributed by atoms with Crippen LogP contribution in [-0.2, 0) is 33.1 Å². The van der Waals surface area contributed by atoms with Gasteiger partial charge in [0.2, 0.25) is 0 Å². The molecule has 0 fully saturated rings. The molecule has 0 amide bonds. The number of aryl methyl sites for hydroxylation is 2. The zero-order chi connectivity index (χ0) is 30.6. The minimum Gasteiger partial charge on any atom is -0.744 e. The minimum atomic E-state index is -4.38. The van der Waals surface area contributed by atoms with Gasteiger partial charge >= 0.3 is 37.7 Å². The first-order valence-corrected chi connectivity index (χ1v) is 17.8. The molecule has 0 spiro atoms. The van der Waals surface area contributed by atoms with Crippen LogP contribution in [0, 0.1) is 0 Å². The zero-order valence-electron chi connectivity index (χ0n) is 25.4. The van der Waals surface area contributed by atoms with Crippen molar-refractivity contribution in [2.75, 3.05) is 0 Å². The van der Waals surface area contributed by atoms with Gasteiger partial charge in [-0.3, -0.25) is 0 Å². The number of unbranched alkanes of at least 4 members (excludes halogenated alkanes) is 8. The van der Waals surface area contributed by atoms with Crippen LogP contribution in [0.4, 0.5) is 0 Å². The molecule has 4 aromatic carbocycles. The molecule has 0 saturated carbocycles. The summed E-state index contributed by atoms with van der Waals surface area (Å²) in [4.78, 5) is -0.329. The molecule has 4 rings (SSSR count). The molecule has 228 valence electrons. The largest absolute Gasteiger partial charge is 2.00 e. The summed E-state index contributed by atoms with van der Waals surface area (Å²) in [6, 6.07) is 21.1. The molecule has 0 saturated heterocycles. The van der Waals surface area contributed by atoms with E-state index in [9.17, 15) is 25.9 Å². The predicted octanol–water partition coefficient (Wildman–Crippen LogP) is 8.13. The van der Waals surface area contributed by atoms with Crippen LogP contribution in [0.5, 0.6) is 0 Å². The van der Waals surface area contributed by atoms with Gasteiger partial charge in [-0.2, -0.15) is 0 Å². The van der Waals surface area contributed by atoms with E-state index in [-0.39, 0.29) is 47.5 Å². The van der Waals surface area contributed by atoms with Crippen molar-refractivity contribution in [3.8, 4) is 0 Å². The van der Waals surface area contributed by atoms with E-state index in [4.69, 9.17) is 0 Å². The van der Waals surface area contributed by atoms with Crippen molar-refractivity contribution < 1.29 is 25.9 Å². The number of benzene rings is 4. The second kappa shape index (κ2) is 18.4. The van der Waals surface area contributed by atoms with E-state index in [0.717, 1.165) is 34.4 Å². The van der Waals surface area contributed by atoms with Crippen LogP contribution >= 0.6 is 0 Å². The van der Waals surface area contributed by atoms with Crippen molar-refractivity contribution in [2.45, 2.75) is 101 Å². The number of hydrogen-bond acceptors (Lipinski definition) is 6. The summed E-state index contributed by atoms with van der Waals surface area (Å²) < 4.78 is 66.1. The fraction of sp³-hybridized carbons (Fsp3) is 0.412. The Bertz CT molecular complexity index is 1540. The Hall–Kier alpha value is -1.52. The van der Waals surface area contributed by atoms with E-state index < -0.39 is 20.2 Å². The maximum Gasteiger partial charge on any atom is 2.00 e. The molecule has 0 aromatic heterocycles. The fourth-order valence-corrected chi connectivity index (χ4v) is 6.05. The van der Waals surface area contributed by atoms with Gasteiger partial charge in [0, 0.05) is 0 Å². The van der Waals surface area contributed by atoms with Crippen LogP contribution in [0.15, 0.2) is 82.6 Å². The number of fused-ring (bicyclic) bond motifs is 2. The van der Waals surface area contributed by atoms with Crippen molar-refractivity contribution in [3.63, 3.8) is 0 Å². The van der Waals surface area contributed by atoms with Gasteiger partial charge < -0.3 is 9.11 Å². The fourth-order valence-electron chi connectivity index (χ4n) is 5.03. The van der Waals surface area contributed by atoms with Gasteiger partial charge in [0.1, 0.15) is 20.2 Å². The van der Waals surface area contributed by atoms with Gasteiger partial charge in [-0.25, -0.2) is 16.8 Å². The third kappa shape index (κ3) is 12.8. The van der Waals surface area contributed by atoms with E-state index in [0.29, 0.717) is 0 Å². The summed E-state index contributed by atoms with van der Waals surface area (Å²) >= 11 is 0. The first-order chi connectivity index (χ1) is 20.0. The van der Waals surface area contributed by atoms with Gasteiger partial charge in [-0.05, 0) is 82.6 Å². The molecule has 0 atom stereocenters. The molecule has 43 heavy (non-hydrogen) atoms. The van der Waals surface area contributed by atoms with E-state index in [1.54, 1.807) is 12.1 Å². The topological polar surface area (TPSA) is 114 Å². The minimum absolute atomic E-state index is 0. The van der Waals surface area contributed by atoms with E-state index in [1.807, 2.05) is 24.3 Å². The number of rotatable bonds is 14. The molecule has 0 aliphatic heterocycles. The van der Waals surface area contributed by atoms with E-state index in [2.05, 4.69) is 26.0 Å². The van der Waals surface area contributed by atoms with Gasteiger partial charge in [0.25, 0.3) is 0 Å². The van der Waals surface area contributed by atoms with Crippen LogP contribution < -0.4 is 0 Å². The molecule has 6 nitrogen and oxygen atoms in total. The monoisotopic (exact) mass is 650 g/mol. The first kappa shape index (κ1) is 37.7. The predicted molar refractivity (Wildman–Crippen MR) is 175 cm³/mol. The Morgan fingerprint density at radius 3 is 1.14 bits per heavy atom. The molecule has 0 aliphatic carbocycles. The smallest absolute Gasteiger partial charge is 0.744 e. The zero-order valence-corrected chi connectivity index (χ0v) is 29.2. The van der Waals surface area contributed by atoms with Crippen molar-refractivity contribution in [1.82, 2.24) is 0 Å². The first-order valence-electron chi connectivity index (χ1n) is 15.0. The second-order valence-electron chi connectivity index (χ2n) is 10.9.